The maximum atomic E-state index is 12.6. The number of rotatable bonds is 20. The average Bonchev–Trinajstić information content (AvgIpc) is 3.31. The van der Waals surface area contributed by atoms with Gasteiger partial charge in [0, 0.05) is 5.71 Å². The van der Waals surface area contributed by atoms with E-state index in [0.29, 0.717) is 5.75 Å². The number of hydrogen-bond donors (Lipinski definition) is 0. The monoisotopic (exact) mass is 608 g/mol. The third-order valence-corrected chi connectivity index (χ3v) is 8.17. The minimum absolute atomic E-state index is 0. The molecule has 7 nitrogen and oxygen atoms in total. The van der Waals surface area contributed by atoms with Gasteiger partial charge in [0.1, 0.15) is 21.6 Å². The van der Waals surface area contributed by atoms with Crippen LogP contribution in [0.2, 0.25) is 0 Å². The van der Waals surface area contributed by atoms with Crippen LogP contribution < -0.4 is 61.1 Å². The maximum Gasteiger partial charge on any atom is 1.00 e. The predicted octanol–water partition coefficient (Wildman–Crippen LogP) is 5.74. The van der Waals surface area contributed by atoms with E-state index in [9.17, 15) is 17.8 Å². The topological polar surface area (TPSA) is 99.1 Å². The van der Waals surface area contributed by atoms with Gasteiger partial charge in [-0.05, 0) is 43.2 Å². The Morgan fingerprint density at radius 1 is 0.805 bits per heavy atom. The molecule has 0 saturated heterocycles. The number of hydrogen-bond acceptors (Lipinski definition) is 6. The van der Waals surface area contributed by atoms with Gasteiger partial charge in [0.15, 0.2) is 0 Å². The molecule has 0 spiro atoms. The van der Waals surface area contributed by atoms with Crippen LogP contribution in [0.3, 0.4) is 0 Å². The smallest absolute Gasteiger partial charge is 0.744 e. The summed E-state index contributed by atoms with van der Waals surface area (Å²) in [6.45, 7) is 2.26. The number of carbonyl (C=O) groups excluding carboxylic acids is 1. The van der Waals surface area contributed by atoms with E-state index in [1.807, 2.05) is 0 Å². The Morgan fingerprint density at radius 3 is 1.88 bits per heavy atom. The Labute approximate surface area is 289 Å². The SMILES string of the molecule is CCCCCCCCCCCCCCCCCC1=NN(c2ccc(Oc3ccccc3)c(S(=O)(=O)[O-])c2)C(=O)C1.[K+]. The van der Waals surface area contributed by atoms with Crippen LogP contribution in [0.1, 0.15) is 116 Å². The third kappa shape index (κ3) is 13.4. The minimum atomic E-state index is -4.84. The number of amides is 1. The second-order valence-corrected chi connectivity index (χ2v) is 12.1. The van der Waals surface area contributed by atoms with E-state index in [4.69, 9.17) is 4.74 Å². The summed E-state index contributed by atoms with van der Waals surface area (Å²) in [5.74, 6) is 0.0849. The molecule has 0 aliphatic carbocycles. The van der Waals surface area contributed by atoms with Crippen LogP contribution in [0, 0.1) is 0 Å². The third-order valence-electron chi connectivity index (χ3n) is 7.31. The molecule has 2 aromatic carbocycles. The fourth-order valence-corrected chi connectivity index (χ4v) is 5.67. The summed E-state index contributed by atoms with van der Waals surface area (Å²) in [5, 5.41) is 5.64. The second kappa shape index (κ2) is 20.0. The normalized spacial score (nSPS) is 13.3. The largest absolute Gasteiger partial charge is 1.00 e. The second-order valence-electron chi connectivity index (χ2n) is 10.7. The quantitative estimate of drug-likeness (QED) is 0.108. The van der Waals surface area contributed by atoms with Gasteiger partial charge in [-0.2, -0.15) is 5.10 Å². The maximum absolute atomic E-state index is 12.6. The van der Waals surface area contributed by atoms with Crippen molar-refractivity contribution >= 4 is 27.4 Å². The summed E-state index contributed by atoms with van der Waals surface area (Å²) in [4.78, 5) is 12.1. The Morgan fingerprint density at radius 2 is 1.34 bits per heavy atom. The van der Waals surface area contributed by atoms with E-state index >= 15 is 0 Å². The number of nitrogens with zero attached hydrogens (tertiary/aromatic N) is 2. The van der Waals surface area contributed by atoms with Crippen LogP contribution >= 0.6 is 0 Å². The van der Waals surface area contributed by atoms with E-state index in [-0.39, 0.29) is 75.1 Å². The summed E-state index contributed by atoms with van der Waals surface area (Å²) < 4.78 is 41.5. The van der Waals surface area contributed by atoms with Crippen LogP contribution in [-0.4, -0.2) is 24.6 Å². The molecular formula is C32H45KN2O5S. The summed E-state index contributed by atoms with van der Waals surface area (Å²) in [6.07, 6.45) is 20.4. The molecule has 1 amide bonds. The molecule has 41 heavy (non-hydrogen) atoms. The van der Waals surface area contributed by atoms with Crippen molar-refractivity contribution in [3.05, 3.63) is 48.5 Å². The first-order valence-electron chi connectivity index (χ1n) is 15.1. The summed E-state index contributed by atoms with van der Waals surface area (Å²) >= 11 is 0. The number of para-hydroxylation sites is 1. The molecule has 0 fully saturated rings. The van der Waals surface area contributed by atoms with Crippen molar-refractivity contribution in [3.8, 4) is 11.5 Å². The Hall–Kier alpha value is -1.07. The van der Waals surface area contributed by atoms with Gasteiger partial charge in [-0.1, -0.05) is 115 Å². The fraction of sp³-hybridized carbons (Fsp3) is 0.562. The van der Waals surface area contributed by atoms with Gasteiger partial charge < -0.3 is 9.29 Å². The molecule has 0 unspecified atom stereocenters. The predicted molar refractivity (Wildman–Crippen MR) is 160 cm³/mol. The zero-order valence-corrected chi connectivity index (χ0v) is 28.9. The number of anilines is 1. The molecule has 2 aromatic rings. The van der Waals surface area contributed by atoms with Gasteiger partial charge in [0.25, 0.3) is 5.91 Å². The van der Waals surface area contributed by atoms with Crippen molar-refractivity contribution in [2.45, 2.75) is 121 Å². The van der Waals surface area contributed by atoms with Crippen LogP contribution in [0.25, 0.3) is 0 Å². The standard InChI is InChI=1S/C32H46N2O5S.K/c1-2-3-4-5-6-7-8-9-10-11-12-13-14-15-17-20-27-25-32(35)34(33-27)28-23-24-30(31(26-28)40(36,37)38)39-29-21-18-16-19-22-29;/h16,18-19,21-24,26H,2-15,17,20,25H2,1H3,(H,36,37,38);/q;+1/p-1. The molecule has 1 aliphatic heterocycles. The number of ether oxygens (including phenoxy) is 1. The average molecular weight is 609 g/mol. The summed E-state index contributed by atoms with van der Waals surface area (Å²) in [6, 6.07) is 12.7. The molecule has 220 valence electrons. The first kappa shape index (κ1) is 36.1. The summed E-state index contributed by atoms with van der Waals surface area (Å²) in [5.41, 5.74) is 1.03. The first-order valence-corrected chi connectivity index (χ1v) is 16.5. The van der Waals surface area contributed by atoms with E-state index < -0.39 is 15.0 Å². The van der Waals surface area contributed by atoms with Gasteiger partial charge in [0.05, 0.1) is 17.0 Å². The number of carbonyl (C=O) groups is 1. The molecule has 0 saturated carbocycles. The van der Waals surface area contributed by atoms with Gasteiger partial charge in [-0.3, -0.25) is 4.79 Å². The number of benzene rings is 2. The summed E-state index contributed by atoms with van der Waals surface area (Å²) in [7, 11) is -4.84. The number of hydrazone groups is 1. The Bertz CT molecular complexity index is 1190. The molecule has 0 radical (unpaired) electrons. The molecule has 3 rings (SSSR count). The van der Waals surface area contributed by atoms with Gasteiger partial charge in [0.2, 0.25) is 0 Å². The molecule has 0 N–H and O–H groups in total. The van der Waals surface area contributed by atoms with E-state index in [2.05, 4.69) is 12.0 Å². The van der Waals surface area contributed by atoms with Gasteiger partial charge in [-0.25, -0.2) is 13.4 Å². The van der Waals surface area contributed by atoms with Crippen LogP contribution in [0.15, 0.2) is 58.5 Å². The molecule has 0 aromatic heterocycles. The van der Waals surface area contributed by atoms with Crippen LogP contribution in [-0.2, 0) is 14.9 Å². The van der Waals surface area contributed by atoms with Crippen molar-refractivity contribution in [2.75, 3.05) is 5.01 Å². The van der Waals surface area contributed by atoms with Crippen molar-refractivity contribution in [1.29, 1.82) is 0 Å². The van der Waals surface area contributed by atoms with E-state index in [0.717, 1.165) is 25.0 Å². The van der Waals surface area contributed by atoms with E-state index in [1.165, 1.54) is 101 Å². The van der Waals surface area contributed by atoms with Crippen LogP contribution in [0.5, 0.6) is 11.5 Å². The molecular weight excluding hydrogens is 564 g/mol. The fourth-order valence-electron chi connectivity index (χ4n) is 5.05. The van der Waals surface area contributed by atoms with Crippen molar-refractivity contribution in [1.82, 2.24) is 0 Å². The van der Waals surface area contributed by atoms with Crippen molar-refractivity contribution in [2.24, 2.45) is 5.10 Å². The molecule has 0 bridgehead atoms. The molecule has 0 atom stereocenters. The van der Waals surface area contributed by atoms with Crippen LogP contribution in [0.4, 0.5) is 5.69 Å². The minimum Gasteiger partial charge on any atom is -0.744 e. The van der Waals surface area contributed by atoms with Crippen molar-refractivity contribution < 1.29 is 73.9 Å². The zero-order chi connectivity index (χ0) is 28.6. The van der Waals surface area contributed by atoms with E-state index in [1.54, 1.807) is 36.4 Å². The van der Waals surface area contributed by atoms with Gasteiger partial charge >= 0.3 is 51.4 Å². The Kier molecular flexibility index (Phi) is 17.6. The Balaban J connectivity index is 0.00000588. The number of unbranched alkanes of at least 4 members (excludes halogenated alkanes) is 14. The van der Waals surface area contributed by atoms with Gasteiger partial charge in [-0.15, -0.1) is 0 Å². The van der Waals surface area contributed by atoms with Crippen molar-refractivity contribution in [3.63, 3.8) is 0 Å². The molecule has 9 heteroatoms. The first-order chi connectivity index (χ1) is 19.4. The molecule has 1 heterocycles. The zero-order valence-electron chi connectivity index (χ0n) is 25.0. The molecule has 1 aliphatic rings.